The van der Waals surface area contributed by atoms with Crippen molar-refractivity contribution in [2.75, 3.05) is 5.32 Å². The minimum Gasteiger partial charge on any atom is -0.486 e. The molecule has 0 unspecified atom stereocenters. The highest BCUT2D eigenvalue weighted by molar-refractivity contribution is 5.83. The third-order valence-corrected chi connectivity index (χ3v) is 4.71. The molecule has 4 aromatic rings. The van der Waals surface area contributed by atoms with E-state index in [1.165, 1.54) is 23.0 Å². The number of nitrogens with zero attached hydrogens (tertiary/aromatic N) is 6. The summed E-state index contributed by atoms with van der Waals surface area (Å²) in [5.41, 5.74) is 1.76. The Labute approximate surface area is 194 Å². The maximum atomic E-state index is 15.0. The summed E-state index contributed by atoms with van der Waals surface area (Å²) in [7, 11) is 1.80. The molecule has 0 aromatic carbocycles. The normalized spacial score (nSPS) is 11.3. The largest absolute Gasteiger partial charge is 0.486 e. The quantitative estimate of drug-likeness (QED) is 0.474. The summed E-state index contributed by atoms with van der Waals surface area (Å²) < 4.78 is 29.3. The predicted molar refractivity (Wildman–Crippen MR) is 120 cm³/mol. The molecule has 10 nitrogen and oxygen atoms in total. The molecule has 0 saturated carbocycles. The molecular weight excluding hydrogens is 441 g/mol. The van der Waals surface area contributed by atoms with E-state index in [9.17, 15) is 10.1 Å². The first-order valence-corrected chi connectivity index (χ1v) is 10.3. The van der Waals surface area contributed by atoms with E-state index in [0.29, 0.717) is 16.8 Å². The summed E-state index contributed by atoms with van der Waals surface area (Å²) in [6.45, 7) is 4.92. The fourth-order valence-electron chi connectivity index (χ4n) is 3.24. The van der Waals surface area contributed by atoms with Crippen LogP contribution >= 0.6 is 0 Å². The van der Waals surface area contributed by atoms with Crippen LogP contribution in [-0.4, -0.2) is 36.1 Å². The number of anilines is 1. The number of hydrogen-bond donors (Lipinski definition) is 1. The van der Waals surface area contributed by atoms with Gasteiger partial charge in [-0.15, -0.1) is 0 Å². The van der Waals surface area contributed by atoms with Crippen LogP contribution in [0.3, 0.4) is 0 Å². The van der Waals surface area contributed by atoms with Crippen molar-refractivity contribution in [1.82, 2.24) is 24.4 Å². The minimum absolute atomic E-state index is 0.156. The van der Waals surface area contributed by atoms with Gasteiger partial charge in [-0.05, 0) is 32.9 Å². The molecule has 11 heteroatoms. The number of pyridine rings is 2. The van der Waals surface area contributed by atoms with Crippen molar-refractivity contribution >= 4 is 17.4 Å². The lowest BCUT2D eigenvalue weighted by Gasteiger charge is -2.19. The zero-order valence-electron chi connectivity index (χ0n) is 19.0. The maximum Gasteiger partial charge on any atom is 0.413 e. The van der Waals surface area contributed by atoms with E-state index in [1.807, 2.05) is 6.20 Å². The van der Waals surface area contributed by atoms with Crippen molar-refractivity contribution in [3.63, 3.8) is 0 Å². The Morgan fingerprint density at radius 3 is 2.71 bits per heavy atom. The second-order valence-electron chi connectivity index (χ2n) is 8.51. The van der Waals surface area contributed by atoms with Gasteiger partial charge in [-0.2, -0.15) is 15.5 Å². The van der Waals surface area contributed by atoms with Gasteiger partial charge in [0, 0.05) is 42.3 Å². The SMILES string of the molecule is Cn1cc(-c2cc(OCc3ccnc(NC(=O)OC(C)(C)C)c3F)c3c(C#N)cnn3c2)cn1. The van der Waals surface area contributed by atoms with Crippen molar-refractivity contribution < 1.29 is 18.7 Å². The van der Waals surface area contributed by atoms with Gasteiger partial charge in [-0.1, -0.05) is 0 Å². The van der Waals surface area contributed by atoms with Crippen molar-refractivity contribution in [3.05, 3.63) is 60.1 Å². The Morgan fingerprint density at radius 2 is 2.03 bits per heavy atom. The lowest BCUT2D eigenvalue weighted by Crippen LogP contribution is -2.28. The summed E-state index contributed by atoms with van der Waals surface area (Å²) in [6.07, 6.45) is 7.25. The molecule has 0 saturated heterocycles. The number of nitrogens with one attached hydrogen (secondary N) is 1. The van der Waals surface area contributed by atoms with Gasteiger partial charge in [0.2, 0.25) is 0 Å². The Bertz CT molecular complexity index is 1410. The first-order valence-electron chi connectivity index (χ1n) is 10.3. The zero-order valence-corrected chi connectivity index (χ0v) is 19.0. The van der Waals surface area contributed by atoms with E-state index in [1.54, 1.807) is 51.0 Å². The number of rotatable bonds is 5. The average Bonchev–Trinajstić information content (AvgIpc) is 3.38. The molecule has 4 rings (SSSR count). The standard InChI is InChI=1S/C23H22FN7O3/c1-23(2,3)34-22(32)29-21-19(24)14(5-6-26-21)13-33-18-7-15(17-10-27-30(4)11-17)12-31-20(18)16(8-25)9-28-31/h5-7,9-12H,13H2,1-4H3,(H,26,29,32). The van der Waals surface area contributed by atoms with Gasteiger partial charge in [-0.3, -0.25) is 10.00 Å². The molecule has 1 N–H and O–H groups in total. The van der Waals surface area contributed by atoms with Gasteiger partial charge < -0.3 is 9.47 Å². The fourth-order valence-corrected chi connectivity index (χ4v) is 3.24. The lowest BCUT2D eigenvalue weighted by molar-refractivity contribution is 0.0634. The van der Waals surface area contributed by atoms with Crippen LogP contribution in [0, 0.1) is 17.1 Å². The molecule has 0 bridgehead atoms. The van der Waals surface area contributed by atoms with Crippen LogP contribution in [0.4, 0.5) is 15.0 Å². The first kappa shape index (κ1) is 22.7. The molecule has 34 heavy (non-hydrogen) atoms. The van der Waals surface area contributed by atoms with Crippen molar-refractivity contribution in [2.24, 2.45) is 7.05 Å². The Kier molecular flexibility index (Phi) is 5.89. The Balaban J connectivity index is 1.63. The molecule has 1 amide bonds. The van der Waals surface area contributed by atoms with Crippen LogP contribution < -0.4 is 10.1 Å². The van der Waals surface area contributed by atoms with E-state index >= 15 is 4.39 Å². The van der Waals surface area contributed by atoms with Crippen molar-refractivity contribution in [3.8, 4) is 22.9 Å². The Hall–Kier alpha value is -4.46. The van der Waals surface area contributed by atoms with Crippen LogP contribution in [0.2, 0.25) is 0 Å². The molecule has 4 aromatic heterocycles. The monoisotopic (exact) mass is 463 g/mol. The van der Waals surface area contributed by atoms with Gasteiger partial charge in [0.15, 0.2) is 11.6 Å². The third kappa shape index (κ3) is 4.80. The fraction of sp³-hybridized carbons (Fsp3) is 0.261. The van der Waals surface area contributed by atoms with Crippen LogP contribution in [0.5, 0.6) is 5.75 Å². The molecule has 0 atom stereocenters. The van der Waals surface area contributed by atoms with Gasteiger partial charge >= 0.3 is 6.09 Å². The molecule has 174 valence electrons. The zero-order chi connectivity index (χ0) is 24.5. The third-order valence-electron chi connectivity index (χ3n) is 4.71. The number of hydrogen-bond acceptors (Lipinski definition) is 7. The molecule has 4 heterocycles. The highest BCUT2D eigenvalue weighted by atomic mass is 19.1. The van der Waals surface area contributed by atoms with Gasteiger partial charge in [-0.25, -0.2) is 18.7 Å². The smallest absolute Gasteiger partial charge is 0.413 e. The number of aryl methyl sites for hydroxylation is 1. The maximum absolute atomic E-state index is 15.0. The topological polar surface area (TPSA) is 119 Å². The van der Waals surface area contributed by atoms with Crippen LogP contribution in [0.25, 0.3) is 16.6 Å². The minimum atomic E-state index is -0.819. The van der Waals surface area contributed by atoms with E-state index in [-0.39, 0.29) is 18.0 Å². The number of aromatic nitrogens is 5. The number of nitriles is 1. The van der Waals surface area contributed by atoms with E-state index in [0.717, 1.165) is 11.1 Å². The van der Waals surface area contributed by atoms with Crippen molar-refractivity contribution in [1.29, 1.82) is 5.26 Å². The van der Waals surface area contributed by atoms with Crippen molar-refractivity contribution in [2.45, 2.75) is 33.0 Å². The molecule has 0 aliphatic rings. The number of carbonyl (C=O) groups excluding carboxylic acids is 1. The highest BCUT2D eigenvalue weighted by Crippen LogP contribution is 2.31. The van der Waals surface area contributed by atoms with E-state index in [2.05, 4.69) is 26.6 Å². The summed E-state index contributed by atoms with van der Waals surface area (Å²) in [4.78, 5) is 15.9. The highest BCUT2D eigenvalue weighted by Gasteiger charge is 2.20. The molecular formula is C23H22FN7O3. The molecule has 0 spiro atoms. The Morgan fingerprint density at radius 1 is 1.24 bits per heavy atom. The molecule has 0 aliphatic heterocycles. The lowest BCUT2D eigenvalue weighted by atomic mass is 10.1. The predicted octanol–water partition coefficient (Wildman–Crippen LogP) is 4.07. The molecule has 0 radical (unpaired) electrons. The van der Waals surface area contributed by atoms with Gasteiger partial charge in [0.25, 0.3) is 0 Å². The summed E-state index contributed by atoms with van der Waals surface area (Å²) in [6, 6.07) is 5.27. The first-order chi connectivity index (χ1) is 16.1. The number of carbonyl (C=O) groups is 1. The molecule has 0 fully saturated rings. The van der Waals surface area contributed by atoms with Gasteiger partial charge in [0.05, 0.1) is 12.4 Å². The number of halogens is 1. The van der Waals surface area contributed by atoms with E-state index in [4.69, 9.17) is 9.47 Å². The second kappa shape index (κ2) is 8.82. The summed E-state index contributed by atoms with van der Waals surface area (Å²) in [5, 5.41) is 20.2. The number of amides is 1. The molecule has 0 aliphatic carbocycles. The number of ether oxygens (including phenoxy) is 2. The van der Waals surface area contributed by atoms with E-state index < -0.39 is 17.5 Å². The summed E-state index contributed by atoms with van der Waals surface area (Å²) >= 11 is 0. The number of fused-ring (bicyclic) bond motifs is 1. The van der Waals surface area contributed by atoms with Crippen LogP contribution in [0.15, 0.2) is 43.1 Å². The van der Waals surface area contributed by atoms with Crippen LogP contribution in [-0.2, 0) is 18.4 Å². The average molecular weight is 463 g/mol. The summed E-state index contributed by atoms with van der Waals surface area (Å²) in [5.74, 6) is -0.679. The second-order valence-corrected chi connectivity index (χ2v) is 8.51. The van der Waals surface area contributed by atoms with Crippen LogP contribution in [0.1, 0.15) is 31.9 Å². The van der Waals surface area contributed by atoms with Gasteiger partial charge in [0.1, 0.15) is 35.1 Å².